The van der Waals surface area contributed by atoms with E-state index in [-0.39, 0.29) is 5.54 Å². The fourth-order valence-electron chi connectivity index (χ4n) is 2.17. The molecule has 2 aromatic rings. The van der Waals surface area contributed by atoms with E-state index in [1.807, 2.05) is 11.3 Å². The molecular weight excluding hydrogens is 330 g/mol. The highest BCUT2D eigenvalue weighted by Crippen LogP contribution is 2.28. The topological polar surface area (TPSA) is 12.0 Å². The van der Waals surface area contributed by atoms with Crippen LogP contribution in [0.2, 0.25) is 0 Å². The van der Waals surface area contributed by atoms with E-state index in [4.69, 9.17) is 0 Å². The van der Waals surface area contributed by atoms with Crippen molar-refractivity contribution in [1.29, 1.82) is 0 Å². The highest BCUT2D eigenvalue weighted by molar-refractivity contribution is 9.11. The summed E-state index contributed by atoms with van der Waals surface area (Å²) in [5.74, 6) is 0.515. The number of nitrogens with one attached hydrogen (secondary N) is 1. The number of hydrogen-bond acceptors (Lipinski definition) is 2. The molecule has 1 atom stereocenters. The Morgan fingerprint density at radius 3 is 2.35 bits per heavy atom. The predicted octanol–water partition coefficient (Wildman–Crippen LogP) is 5.23. The first-order valence-corrected chi connectivity index (χ1v) is 8.59. The molecule has 1 aromatic carbocycles. The van der Waals surface area contributed by atoms with Gasteiger partial charge in [-0.25, -0.2) is 0 Å². The van der Waals surface area contributed by atoms with Crippen molar-refractivity contribution >= 4 is 27.3 Å². The second-order valence-electron chi connectivity index (χ2n) is 6.15. The maximum Gasteiger partial charge on any atom is 0.0701 e. The molecule has 0 bridgehead atoms. The van der Waals surface area contributed by atoms with Crippen molar-refractivity contribution < 1.29 is 0 Å². The van der Waals surface area contributed by atoms with Crippen molar-refractivity contribution in [3.63, 3.8) is 0 Å². The molecular formula is C17H22BrNS. The average Bonchev–Trinajstić information content (AvgIpc) is 2.80. The molecule has 1 N–H and O–H groups in total. The first-order valence-electron chi connectivity index (χ1n) is 6.98. The molecule has 0 amide bonds. The van der Waals surface area contributed by atoms with E-state index in [2.05, 4.69) is 84.5 Å². The maximum atomic E-state index is 3.64. The standard InChI is InChI=1S/C17H22BrNS/c1-17(2,3)19-12-14(13-7-5-4-6-8-13)11-15-9-10-16(18)20-15/h4-10,14,19H,11-12H2,1-3H3. The Hall–Kier alpha value is -0.640. The average molecular weight is 352 g/mol. The highest BCUT2D eigenvalue weighted by Gasteiger charge is 2.17. The zero-order chi connectivity index (χ0) is 14.6. The predicted molar refractivity (Wildman–Crippen MR) is 92.7 cm³/mol. The van der Waals surface area contributed by atoms with Crippen LogP contribution < -0.4 is 5.32 Å². The van der Waals surface area contributed by atoms with Gasteiger partial charge in [0, 0.05) is 22.9 Å². The molecule has 0 spiro atoms. The van der Waals surface area contributed by atoms with Crippen molar-refractivity contribution in [2.75, 3.05) is 6.54 Å². The molecule has 0 aliphatic heterocycles. The lowest BCUT2D eigenvalue weighted by atomic mass is 9.94. The van der Waals surface area contributed by atoms with Crippen molar-refractivity contribution in [2.24, 2.45) is 0 Å². The Balaban J connectivity index is 2.11. The third-order valence-corrected chi connectivity index (χ3v) is 4.87. The van der Waals surface area contributed by atoms with Crippen LogP contribution in [0, 0.1) is 0 Å². The second kappa shape index (κ2) is 6.88. The van der Waals surface area contributed by atoms with Gasteiger partial charge >= 0.3 is 0 Å². The monoisotopic (exact) mass is 351 g/mol. The Kier molecular flexibility index (Phi) is 5.42. The zero-order valence-corrected chi connectivity index (χ0v) is 14.7. The Labute approximate surface area is 134 Å². The first kappa shape index (κ1) is 15.7. The van der Waals surface area contributed by atoms with Gasteiger partial charge in [0.05, 0.1) is 3.79 Å². The summed E-state index contributed by atoms with van der Waals surface area (Å²) in [6.07, 6.45) is 1.09. The number of rotatable bonds is 5. The van der Waals surface area contributed by atoms with Gasteiger partial charge in [-0.1, -0.05) is 30.3 Å². The van der Waals surface area contributed by atoms with Gasteiger partial charge in [-0.2, -0.15) is 0 Å². The molecule has 1 aromatic heterocycles. The second-order valence-corrected chi connectivity index (χ2v) is 8.70. The minimum absolute atomic E-state index is 0.156. The Bertz CT molecular complexity index is 527. The summed E-state index contributed by atoms with van der Waals surface area (Å²) >= 11 is 5.38. The molecule has 2 rings (SSSR count). The van der Waals surface area contributed by atoms with Gasteiger partial charge in [0.15, 0.2) is 0 Å². The summed E-state index contributed by atoms with van der Waals surface area (Å²) in [4.78, 5) is 1.43. The van der Waals surface area contributed by atoms with E-state index in [1.54, 1.807) is 0 Å². The minimum Gasteiger partial charge on any atom is -0.311 e. The first-order chi connectivity index (χ1) is 9.44. The van der Waals surface area contributed by atoms with Crippen LogP contribution in [0.5, 0.6) is 0 Å². The summed E-state index contributed by atoms with van der Waals surface area (Å²) in [5.41, 5.74) is 1.57. The van der Waals surface area contributed by atoms with Crippen LogP contribution in [0.15, 0.2) is 46.3 Å². The van der Waals surface area contributed by atoms with Crippen molar-refractivity contribution in [2.45, 2.75) is 38.6 Å². The Morgan fingerprint density at radius 2 is 1.80 bits per heavy atom. The van der Waals surface area contributed by atoms with Crippen molar-refractivity contribution in [3.05, 3.63) is 56.7 Å². The molecule has 3 heteroatoms. The van der Waals surface area contributed by atoms with Gasteiger partial charge in [0.2, 0.25) is 0 Å². The maximum absolute atomic E-state index is 3.64. The zero-order valence-electron chi connectivity index (χ0n) is 12.3. The molecule has 20 heavy (non-hydrogen) atoms. The normalized spacial score (nSPS) is 13.4. The smallest absolute Gasteiger partial charge is 0.0701 e. The SMILES string of the molecule is CC(C)(C)NCC(Cc1ccc(Br)s1)c1ccccc1. The van der Waals surface area contributed by atoms with Gasteiger partial charge < -0.3 is 5.32 Å². The largest absolute Gasteiger partial charge is 0.311 e. The number of benzene rings is 1. The molecule has 0 aliphatic carbocycles. The van der Waals surface area contributed by atoms with Crippen LogP contribution in [0.1, 0.15) is 37.1 Å². The molecule has 0 fully saturated rings. The van der Waals surface area contributed by atoms with Crippen LogP contribution in [0.25, 0.3) is 0 Å². The van der Waals surface area contributed by atoms with E-state index in [1.165, 1.54) is 14.2 Å². The minimum atomic E-state index is 0.156. The molecule has 1 unspecified atom stereocenters. The molecule has 0 aliphatic rings. The van der Waals surface area contributed by atoms with Crippen molar-refractivity contribution in [1.82, 2.24) is 5.32 Å². The van der Waals surface area contributed by atoms with Gasteiger partial charge in [-0.05, 0) is 60.8 Å². The molecule has 0 radical (unpaired) electrons. The molecule has 0 saturated carbocycles. The summed E-state index contributed by atoms with van der Waals surface area (Å²) < 4.78 is 1.21. The summed E-state index contributed by atoms with van der Waals surface area (Å²) in [7, 11) is 0. The third-order valence-electron chi connectivity index (χ3n) is 3.23. The highest BCUT2D eigenvalue weighted by atomic mass is 79.9. The third kappa shape index (κ3) is 5.04. The van der Waals surface area contributed by atoms with Crippen molar-refractivity contribution in [3.8, 4) is 0 Å². The number of thiophene rings is 1. The lowest BCUT2D eigenvalue weighted by molar-refractivity contribution is 0.405. The fourth-order valence-corrected chi connectivity index (χ4v) is 3.73. The van der Waals surface area contributed by atoms with Gasteiger partial charge in [0.1, 0.15) is 0 Å². The van der Waals surface area contributed by atoms with Crippen LogP contribution in [-0.4, -0.2) is 12.1 Å². The summed E-state index contributed by atoms with van der Waals surface area (Å²) in [5, 5.41) is 3.64. The van der Waals surface area contributed by atoms with Crippen LogP contribution in [0.3, 0.4) is 0 Å². The van der Waals surface area contributed by atoms with Gasteiger partial charge in [-0.3, -0.25) is 0 Å². The van der Waals surface area contributed by atoms with Crippen LogP contribution in [0.4, 0.5) is 0 Å². The van der Waals surface area contributed by atoms with Gasteiger partial charge in [-0.15, -0.1) is 11.3 Å². The van der Waals surface area contributed by atoms with E-state index in [0.717, 1.165) is 13.0 Å². The quantitative estimate of drug-likeness (QED) is 0.777. The van der Waals surface area contributed by atoms with E-state index in [0.29, 0.717) is 5.92 Å². The summed E-state index contributed by atoms with van der Waals surface area (Å²) in [6.45, 7) is 7.66. The van der Waals surface area contributed by atoms with E-state index in [9.17, 15) is 0 Å². The Morgan fingerprint density at radius 1 is 1.10 bits per heavy atom. The van der Waals surface area contributed by atoms with E-state index < -0.39 is 0 Å². The molecule has 1 nitrogen and oxygen atoms in total. The fraction of sp³-hybridized carbons (Fsp3) is 0.412. The van der Waals surface area contributed by atoms with Gasteiger partial charge in [0.25, 0.3) is 0 Å². The van der Waals surface area contributed by atoms with E-state index >= 15 is 0 Å². The molecule has 108 valence electrons. The number of hydrogen-bond donors (Lipinski definition) is 1. The lowest BCUT2D eigenvalue weighted by Crippen LogP contribution is -2.38. The van der Waals surface area contributed by atoms with Crippen LogP contribution in [-0.2, 0) is 6.42 Å². The lowest BCUT2D eigenvalue weighted by Gasteiger charge is -2.25. The molecule has 1 heterocycles. The van der Waals surface area contributed by atoms with Crippen LogP contribution >= 0.6 is 27.3 Å². The summed E-state index contributed by atoms with van der Waals surface area (Å²) in [6, 6.07) is 15.2. The molecule has 0 saturated heterocycles. The number of halogens is 1.